The topological polar surface area (TPSA) is 114 Å². The normalized spacial score (nSPS) is 33.9. The summed E-state index contributed by atoms with van der Waals surface area (Å²) in [5.74, 6) is 0.478. The number of nitrogen functional groups attached to an aromatic ring is 1. The number of aliphatic hydroxyl groups excluding tert-OH is 3. The van der Waals surface area contributed by atoms with Crippen LogP contribution in [0.5, 0.6) is 5.75 Å². The second kappa shape index (κ2) is 6.38. The Kier molecular flexibility index (Phi) is 4.79. The van der Waals surface area contributed by atoms with Crippen LogP contribution >= 0.6 is 0 Å². The van der Waals surface area contributed by atoms with Crippen LogP contribution in [0.15, 0.2) is 24.3 Å². The van der Waals surface area contributed by atoms with Gasteiger partial charge in [-0.25, -0.2) is 0 Å². The number of rotatable bonds is 4. The van der Waals surface area contributed by atoms with Crippen LogP contribution in [0.3, 0.4) is 0 Å². The molecule has 0 aromatic heterocycles. The third kappa shape index (κ3) is 3.02. The van der Waals surface area contributed by atoms with Crippen molar-refractivity contribution in [3.63, 3.8) is 0 Å². The Labute approximate surface area is 116 Å². The van der Waals surface area contributed by atoms with E-state index in [4.69, 9.17) is 25.1 Å². The summed E-state index contributed by atoms with van der Waals surface area (Å²) in [6.07, 6.45) is -5.21. The minimum atomic E-state index is -1.24. The molecule has 112 valence electrons. The molecule has 5 unspecified atom stereocenters. The van der Waals surface area contributed by atoms with Gasteiger partial charge in [-0.1, -0.05) is 0 Å². The zero-order valence-corrected chi connectivity index (χ0v) is 11.0. The Bertz CT molecular complexity index is 425. The Morgan fingerprint density at radius 2 is 1.85 bits per heavy atom. The Morgan fingerprint density at radius 3 is 2.40 bits per heavy atom. The van der Waals surface area contributed by atoms with Crippen LogP contribution in [-0.4, -0.2) is 59.7 Å². The largest absolute Gasteiger partial charge is 0.462 e. The van der Waals surface area contributed by atoms with E-state index < -0.39 is 37.3 Å². The molecule has 1 aromatic carbocycles. The van der Waals surface area contributed by atoms with Crippen molar-refractivity contribution in [3.8, 4) is 5.75 Å². The van der Waals surface area contributed by atoms with Crippen molar-refractivity contribution in [2.75, 3.05) is 19.5 Å². The van der Waals surface area contributed by atoms with E-state index in [1.165, 1.54) is 7.11 Å². The van der Waals surface area contributed by atoms with Crippen molar-refractivity contribution in [1.29, 1.82) is 0 Å². The lowest BCUT2D eigenvalue weighted by atomic mass is 9.99. The van der Waals surface area contributed by atoms with Gasteiger partial charge in [-0.3, -0.25) is 0 Å². The summed E-state index contributed by atoms with van der Waals surface area (Å²) in [5, 5.41) is 28.9. The maximum absolute atomic E-state index is 9.97. The highest BCUT2D eigenvalue weighted by Gasteiger charge is 2.45. The molecule has 20 heavy (non-hydrogen) atoms. The van der Waals surface area contributed by atoms with E-state index in [1.54, 1.807) is 24.3 Å². The standard InChI is InChI=1S/C13H19NO6/c1-18-12-11(17)10(16)9(6-15)20-13(12)19-8-4-2-7(14)3-5-8/h2-5,9-13,15-17H,6,14H2,1H3. The van der Waals surface area contributed by atoms with Crippen molar-refractivity contribution in [2.45, 2.75) is 30.7 Å². The number of hydrogen-bond donors (Lipinski definition) is 4. The Hall–Kier alpha value is -1.38. The highest BCUT2D eigenvalue weighted by Crippen LogP contribution is 2.26. The molecule has 5 N–H and O–H groups in total. The molecule has 7 nitrogen and oxygen atoms in total. The van der Waals surface area contributed by atoms with Gasteiger partial charge in [0.25, 0.3) is 0 Å². The molecule has 0 amide bonds. The van der Waals surface area contributed by atoms with Gasteiger partial charge in [-0.15, -0.1) is 0 Å². The lowest BCUT2D eigenvalue weighted by Gasteiger charge is -2.41. The van der Waals surface area contributed by atoms with Crippen LogP contribution < -0.4 is 10.5 Å². The molecule has 0 radical (unpaired) electrons. The molecule has 0 bridgehead atoms. The summed E-state index contributed by atoms with van der Waals surface area (Å²) in [6, 6.07) is 6.62. The van der Waals surface area contributed by atoms with Gasteiger partial charge in [0.1, 0.15) is 30.2 Å². The maximum atomic E-state index is 9.97. The Balaban J connectivity index is 2.13. The van der Waals surface area contributed by atoms with Crippen molar-refractivity contribution >= 4 is 5.69 Å². The number of methoxy groups -OCH3 is 1. The highest BCUT2D eigenvalue weighted by atomic mass is 16.7. The number of anilines is 1. The third-order valence-electron chi connectivity index (χ3n) is 3.23. The van der Waals surface area contributed by atoms with E-state index in [0.29, 0.717) is 11.4 Å². The molecule has 1 aliphatic rings. The maximum Gasteiger partial charge on any atom is 0.229 e. The predicted octanol–water partition coefficient (Wildman–Crippen LogP) is -0.898. The molecule has 0 aliphatic carbocycles. The van der Waals surface area contributed by atoms with E-state index in [9.17, 15) is 10.2 Å². The smallest absolute Gasteiger partial charge is 0.229 e. The number of hydrogen-bond acceptors (Lipinski definition) is 7. The van der Waals surface area contributed by atoms with Crippen molar-refractivity contribution in [2.24, 2.45) is 0 Å². The van der Waals surface area contributed by atoms with Crippen LogP contribution in [-0.2, 0) is 9.47 Å². The lowest BCUT2D eigenvalue weighted by molar-refractivity contribution is -0.282. The third-order valence-corrected chi connectivity index (χ3v) is 3.23. The van der Waals surface area contributed by atoms with Gasteiger partial charge in [-0.2, -0.15) is 0 Å². The first-order chi connectivity index (χ1) is 9.56. The van der Waals surface area contributed by atoms with Crippen molar-refractivity contribution in [1.82, 2.24) is 0 Å². The second-order valence-corrected chi connectivity index (χ2v) is 4.59. The SMILES string of the molecule is COC1C(Oc2ccc(N)cc2)OC(CO)C(O)C1O. The molecule has 0 spiro atoms. The average molecular weight is 285 g/mol. The molecule has 0 saturated carbocycles. The highest BCUT2D eigenvalue weighted by molar-refractivity contribution is 5.41. The van der Waals surface area contributed by atoms with Crippen LogP contribution in [0.2, 0.25) is 0 Å². The number of aliphatic hydroxyl groups is 3. The fourth-order valence-corrected chi connectivity index (χ4v) is 2.08. The van der Waals surface area contributed by atoms with Gasteiger partial charge in [-0.05, 0) is 24.3 Å². The van der Waals surface area contributed by atoms with Crippen molar-refractivity contribution < 1.29 is 29.5 Å². The summed E-state index contributed by atoms with van der Waals surface area (Å²) in [5.41, 5.74) is 6.17. The summed E-state index contributed by atoms with van der Waals surface area (Å²) >= 11 is 0. The zero-order chi connectivity index (χ0) is 14.7. The molecule has 1 fully saturated rings. The second-order valence-electron chi connectivity index (χ2n) is 4.59. The van der Waals surface area contributed by atoms with E-state index in [0.717, 1.165) is 0 Å². The van der Waals surface area contributed by atoms with Crippen LogP contribution in [0.4, 0.5) is 5.69 Å². The van der Waals surface area contributed by atoms with Gasteiger partial charge >= 0.3 is 0 Å². The molecule has 7 heteroatoms. The number of ether oxygens (including phenoxy) is 3. The number of nitrogens with two attached hydrogens (primary N) is 1. The summed E-state index contributed by atoms with van der Waals surface area (Å²) in [7, 11) is 1.38. The molecular formula is C13H19NO6. The molecule has 5 atom stereocenters. The van der Waals surface area contributed by atoms with Crippen LogP contribution in [0.1, 0.15) is 0 Å². The van der Waals surface area contributed by atoms with Crippen LogP contribution in [0, 0.1) is 0 Å². The van der Waals surface area contributed by atoms with Gasteiger partial charge < -0.3 is 35.3 Å². The fourth-order valence-electron chi connectivity index (χ4n) is 2.08. The first-order valence-electron chi connectivity index (χ1n) is 6.24. The van der Waals surface area contributed by atoms with Crippen molar-refractivity contribution in [3.05, 3.63) is 24.3 Å². The quantitative estimate of drug-likeness (QED) is 0.530. The van der Waals surface area contributed by atoms with E-state index in [1.807, 2.05) is 0 Å². The molecule has 2 rings (SSSR count). The number of benzene rings is 1. The van der Waals surface area contributed by atoms with E-state index in [2.05, 4.69) is 0 Å². The van der Waals surface area contributed by atoms with Gasteiger partial charge in [0.15, 0.2) is 0 Å². The van der Waals surface area contributed by atoms with Crippen LogP contribution in [0.25, 0.3) is 0 Å². The van der Waals surface area contributed by atoms with E-state index in [-0.39, 0.29) is 0 Å². The first kappa shape index (κ1) is 15.0. The molecular weight excluding hydrogens is 266 g/mol. The minimum absolute atomic E-state index is 0.434. The molecule has 1 aliphatic heterocycles. The summed E-state index contributed by atoms with van der Waals surface area (Å²) in [6.45, 7) is -0.434. The zero-order valence-electron chi connectivity index (χ0n) is 11.0. The summed E-state index contributed by atoms with van der Waals surface area (Å²) in [4.78, 5) is 0. The average Bonchev–Trinajstić information content (AvgIpc) is 2.45. The lowest BCUT2D eigenvalue weighted by Crippen LogP contribution is -2.60. The van der Waals surface area contributed by atoms with Gasteiger partial charge in [0.05, 0.1) is 6.61 Å². The summed E-state index contributed by atoms with van der Waals surface area (Å²) < 4.78 is 16.1. The van der Waals surface area contributed by atoms with E-state index >= 15 is 0 Å². The van der Waals surface area contributed by atoms with Gasteiger partial charge in [0.2, 0.25) is 6.29 Å². The molecule has 1 saturated heterocycles. The fraction of sp³-hybridized carbons (Fsp3) is 0.538. The first-order valence-corrected chi connectivity index (χ1v) is 6.24. The minimum Gasteiger partial charge on any atom is -0.462 e. The Morgan fingerprint density at radius 1 is 1.20 bits per heavy atom. The molecule has 1 heterocycles. The predicted molar refractivity (Wildman–Crippen MR) is 70.0 cm³/mol. The molecule has 1 aromatic rings. The monoisotopic (exact) mass is 285 g/mol. The van der Waals surface area contributed by atoms with Gasteiger partial charge in [0, 0.05) is 12.8 Å².